The Kier molecular flexibility index (Phi) is 5.36. The Morgan fingerprint density at radius 1 is 1.17 bits per heavy atom. The molecule has 150 valence electrons. The van der Waals surface area contributed by atoms with Gasteiger partial charge in [0.25, 0.3) is 5.91 Å². The van der Waals surface area contributed by atoms with Gasteiger partial charge < -0.3 is 10.1 Å². The number of nitrogens with one attached hydrogen (secondary N) is 2. The van der Waals surface area contributed by atoms with Crippen LogP contribution >= 0.6 is 0 Å². The van der Waals surface area contributed by atoms with Crippen molar-refractivity contribution in [3.8, 4) is 17.0 Å². The molecule has 0 bridgehead atoms. The fraction of sp³-hybridized carbons (Fsp3) is 0.304. The SMILES string of the molecule is COc1ccc(-c2cc3n(n2)[C@@H](NCc2ccc(C(C)C)cc2)CNC3=O)cc1. The molecule has 0 fully saturated rings. The lowest BCUT2D eigenvalue weighted by molar-refractivity contribution is 0.0900. The molecule has 0 aliphatic carbocycles. The van der Waals surface area contributed by atoms with E-state index in [1.165, 1.54) is 11.1 Å². The molecule has 6 heteroatoms. The normalized spacial score (nSPS) is 15.9. The van der Waals surface area contributed by atoms with Gasteiger partial charge in [-0.1, -0.05) is 38.1 Å². The van der Waals surface area contributed by atoms with Gasteiger partial charge in [0, 0.05) is 12.1 Å². The predicted octanol–water partition coefficient (Wildman–Crippen LogP) is 3.71. The number of rotatable bonds is 6. The highest BCUT2D eigenvalue weighted by molar-refractivity contribution is 5.94. The van der Waals surface area contributed by atoms with Crippen molar-refractivity contribution in [1.29, 1.82) is 0 Å². The van der Waals surface area contributed by atoms with Crippen molar-refractivity contribution < 1.29 is 9.53 Å². The van der Waals surface area contributed by atoms with E-state index >= 15 is 0 Å². The van der Waals surface area contributed by atoms with E-state index < -0.39 is 0 Å². The van der Waals surface area contributed by atoms with E-state index in [4.69, 9.17) is 9.84 Å². The highest BCUT2D eigenvalue weighted by atomic mass is 16.5. The van der Waals surface area contributed by atoms with Gasteiger partial charge in [-0.2, -0.15) is 5.10 Å². The third-order valence-electron chi connectivity index (χ3n) is 5.29. The maximum absolute atomic E-state index is 12.3. The van der Waals surface area contributed by atoms with Crippen LogP contribution in [0.15, 0.2) is 54.6 Å². The number of ether oxygens (including phenoxy) is 1. The summed E-state index contributed by atoms with van der Waals surface area (Å²) in [4.78, 5) is 12.3. The van der Waals surface area contributed by atoms with Gasteiger partial charge in [-0.05, 0) is 47.4 Å². The minimum Gasteiger partial charge on any atom is -0.497 e. The first-order valence-corrected chi connectivity index (χ1v) is 9.89. The third-order valence-corrected chi connectivity index (χ3v) is 5.29. The molecular formula is C23H26N4O2. The van der Waals surface area contributed by atoms with Crippen LogP contribution in [0.3, 0.4) is 0 Å². The summed E-state index contributed by atoms with van der Waals surface area (Å²) < 4.78 is 7.01. The lowest BCUT2D eigenvalue weighted by Crippen LogP contribution is -2.45. The first kappa shape index (κ1) is 19.2. The van der Waals surface area contributed by atoms with Crippen molar-refractivity contribution in [2.75, 3.05) is 13.7 Å². The largest absolute Gasteiger partial charge is 0.497 e. The molecule has 1 aromatic heterocycles. The van der Waals surface area contributed by atoms with Crippen molar-refractivity contribution in [3.63, 3.8) is 0 Å². The molecule has 1 amide bonds. The second kappa shape index (κ2) is 8.09. The number of hydrogen-bond donors (Lipinski definition) is 2. The summed E-state index contributed by atoms with van der Waals surface area (Å²) in [5, 5.41) is 11.2. The first-order valence-electron chi connectivity index (χ1n) is 9.89. The van der Waals surface area contributed by atoms with Gasteiger partial charge in [-0.3, -0.25) is 10.1 Å². The lowest BCUT2D eigenvalue weighted by Gasteiger charge is -2.26. The van der Waals surface area contributed by atoms with Crippen LogP contribution in [0.1, 0.15) is 47.5 Å². The van der Waals surface area contributed by atoms with E-state index in [1.807, 2.05) is 30.3 Å². The molecule has 2 N–H and O–H groups in total. The van der Waals surface area contributed by atoms with Crippen molar-refractivity contribution in [1.82, 2.24) is 20.4 Å². The van der Waals surface area contributed by atoms with Crippen LogP contribution in [0.5, 0.6) is 5.75 Å². The molecule has 0 spiro atoms. The van der Waals surface area contributed by atoms with E-state index in [9.17, 15) is 4.79 Å². The third kappa shape index (κ3) is 4.03. The van der Waals surface area contributed by atoms with Gasteiger partial charge in [-0.15, -0.1) is 0 Å². The number of methoxy groups -OCH3 is 1. The van der Waals surface area contributed by atoms with Gasteiger partial charge >= 0.3 is 0 Å². The molecule has 0 saturated carbocycles. The molecule has 2 aromatic carbocycles. The van der Waals surface area contributed by atoms with Crippen LogP contribution in [0.2, 0.25) is 0 Å². The minimum atomic E-state index is -0.100. The van der Waals surface area contributed by atoms with E-state index in [1.54, 1.807) is 11.8 Å². The zero-order valence-electron chi connectivity index (χ0n) is 17.0. The number of carbonyl (C=O) groups is 1. The highest BCUT2D eigenvalue weighted by Gasteiger charge is 2.27. The van der Waals surface area contributed by atoms with Gasteiger partial charge in [0.05, 0.1) is 19.3 Å². The van der Waals surface area contributed by atoms with Crippen molar-refractivity contribution in [2.45, 2.75) is 32.5 Å². The Morgan fingerprint density at radius 3 is 2.55 bits per heavy atom. The first-order chi connectivity index (χ1) is 14.0. The maximum atomic E-state index is 12.3. The number of aromatic nitrogens is 2. The van der Waals surface area contributed by atoms with E-state index in [0.717, 1.165) is 17.0 Å². The molecule has 3 aromatic rings. The van der Waals surface area contributed by atoms with Gasteiger partial charge in [0.15, 0.2) is 0 Å². The molecule has 0 radical (unpaired) electrons. The zero-order chi connectivity index (χ0) is 20.4. The number of benzene rings is 2. The van der Waals surface area contributed by atoms with Crippen LogP contribution in [-0.4, -0.2) is 29.3 Å². The van der Waals surface area contributed by atoms with Crippen molar-refractivity contribution >= 4 is 5.91 Å². The number of amides is 1. The quantitative estimate of drug-likeness (QED) is 0.673. The minimum absolute atomic E-state index is 0.0977. The summed E-state index contributed by atoms with van der Waals surface area (Å²) in [6.07, 6.45) is -0.0977. The van der Waals surface area contributed by atoms with Crippen molar-refractivity contribution in [2.24, 2.45) is 0 Å². The molecule has 0 unspecified atom stereocenters. The molecule has 2 heterocycles. The molecular weight excluding hydrogens is 364 g/mol. The second-order valence-electron chi connectivity index (χ2n) is 7.59. The van der Waals surface area contributed by atoms with E-state index in [2.05, 4.69) is 48.7 Å². The van der Waals surface area contributed by atoms with Gasteiger partial charge in [0.2, 0.25) is 0 Å². The molecule has 29 heavy (non-hydrogen) atoms. The molecule has 0 saturated heterocycles. The van der Waals surface area contributed by atoms with Crippen molar-refractivity contribution in [3.05, 3.63) is 71.4 Å². The molecule has 1 aliphatic rings. The summed E-state index contributed by atoms with van der Waals surface area (Å²) in [6.45, 7) is 5.59. The van der Waals surface area contributed by atoms with Crippen LogP contribution in [0.4, 0.5) is 0 Å². The Balaban J connectivity index is 1.52. The molecule has 1 aliphatic heterocycles. The monoisotopic (exact) mass is 390 g/mol. The van der Waals surface area contributed by atoms with Crippen LogP contribution in [-0.2, 0) is 6.54 Å². The van der Waals surface area contributed by atoms with Gasteiger partial charge in [0.1, 0.15) is 17.6 Å². The number of hydrogen-bond acceptors (Lipinski definition) is 4. The highest BCUT2D eigenvalue weighted by Crippen LogP contribution is 2.25. The summed E-state index contributed by atoms with van der Waals surface area (Å²) in [6, 6.07) is 18.2. The number of carbonyl (C=O) groups excluding carboxylic acids is 1. The van der Waals surface area contributed by atoms with Crippen LogP contribution < -0.4 is 15.4 Å². The Bertz CT molecular complexity index is 991. The fourth-order valence-electron chi connectivity index (χ4n) is 3.49. The Morgan fingerprint density at radius 2 is 1.90 bits per heavy atom. The molecule has 6 nitrogen and oxygen atoms in total. The maximum Gasteiger partial charge on any atom is 0.269 e. The summed E-state index contributed by atoms with van der Waals surface area (Å²) in [5.74, 6) is 1.21. The lowest BCUT2D eigenvalue weighted by atomic mass is 10.0. The smallest absolute Gasteiger partial charge is 0.269 e. The average Bonchev–Trinajstić information content (AvgIpc) is 3.20. The molecule has 1 atom stereocenters. The van der Waals surface area contributed by atoms with Crippen LogP contribution in [0, 0.1) is 0 Å². The summed E-state index contributed by atoms with van der Waals surface area (Å²) in [5.41, 5.74) is 4.82. The summed E-state index contributed by atoms with van der Waals surface area (Å²) in [7, 11) is 1.64. The van der Waals surface area contributed by atoms with Crippen LogP contribution in [0.25, 0.3) is 11.3 Å². The second-order valence-corrected chi connectivity index (χ2v) is 7.59. The fourth-order valence-corrected chi connectivity index (χ4v) is 3.49. The number of fused-ring (bicyclic) bond motifs is 1. The average molecular weight is 390 g/mol. The molecule has 4 rings (SSSR count). The Labute approximate surface area is 170 Å². The number of nitrogens with zero attached hydrogens (tertiary/aromatic N) is 2. The van der Waals surface area contributed by atoms with E-state index in [-0.39, 0.29) is 12.1 Å². The summed E-state index contributed by atoms with van der Waals surface area (Å²) >= 11 is 0. The Hall–Kier alpha value is -3.12. The predicted molar refractivity (Wildman–Crippen MR) is 113 cm³/mol. The van der Waals surface area contributed by atoms with Gasteiger partial charge in [-0.25, -0.2) is 4.68 Å². The van der Waals surface area contributed by atoms with E-state index in [0.29, 0.717) is 24.7 Å². The standard InChI is InChI=1S/C23H26N4O2/c1-15(2)17-6-4-16(5-7-17)13-24-22-14-25-23(28)21-12-20(26-27(21)22)18-8-10-19(29-3)11-9-18/h4-12,15,22,24H,13-14H2,1-3H3,(H,25,28)/t22-/m1/s1. The zero-order valence-corrected chi connectivity index (χ0v) is 17.0. The topological polar surface area (TPSA) is 68.2 Å².